The minimum absolute atomic E-state index is 0.516. The largest absolute Gasteiger partial charge is 0.158 e. The van der Waals surface area contributed by atoms with Crippen molar-refractivity contribution >= 4 is 11.9 Å². The van der Waals surface area contributed by atoms with E-state index in [2.05, 4.69) is 80.5 Å². The van der Waals surface area contributed by atoms with Crippen LogP contribution in [0.3, 0.4) is 0 Å². The highest BCUT2D eigenvalue weighted by molar-refractivity contribution is 6.02. The van der Waals surface area contributed by atoms with Crippen LogP contribution in [0.15, 0.2) is 64.8 Å². The first-order chi connectivity index (χ1) is 15.2. The SMILES string of the molecule is CCCc1ccc(C=NN=C(c2ccccc2)[C@H]2CC[C@H](C(CC)CCC)CC2)cc1. The summed E-state index contributed by atoms with van der Waals surface area (Å²) in [5, 5.41) is 9.32. The molecule has 0 amide bonds. The first kappa shape index (κ1) is 23.4. The van der Waals surface area contributed by atoms with Crippen molar-refractivity contribution < 1.29 is 0 Å². The van der Waals surface area contributed by atoms with Crippen LogP contribution in [0.5, 0.6) is 0 Å². The molecule has 166 valence electrons. The van der Waals surface area contributed by atoms with Crippen molar-refractivity contribution in [3.8, 4) is 0 Å². The second-order valence-electron chi connectivity index (χ2n) is 9.16. The first-order valence-corrected chi connectivity index (χ1v) is 12.5. The molecular weight excluding hydrogens is 376 g/mol. The van der Waals surface area contributed by atoms with Gasteiger partial charge < -0.3 is 0 Å². The van der Waals surface area contributed by atoms with Gasteiger partial charge in [0.05, 0.1) is 11.9 Å². The highest BCUT2D eigenvalue weighted by Crippen LogP contribution is 2.38. The quantitative estimate of drug-likeness (QED) is 0.276. The van der Waals surface area contributed by atoms with E-state index in [-0.39, 0.29) is 0 Å². The molecule has 0 radical (unpaired) electrons. The van der Waals surface area contributed by atoms with Crippen LogP contribution >= 0.6 is 0 Å². The van der Waals surface area contributed by atoms with Crippen molar-refractivity contribution in [3.05, 3.63) is 71.3 Å². The van der Waals surface area contributed by atoms with E-state index in [4.69, 9.17) is 5.10 Å². The topological polar surface area (TPSA) is 24.7 Å². The molecule has 2 heteroatoms. The smallest absolute Gasteiger partial charge is 0.0733 e. The van der Waals surface area contributed by atoms with Gasteiger partial charge in [-0.1, -0.05) is 101 Å². The Balaban J connectivity index is 1.72. The Hall–Kier alpha value is -2.22. The first-order valence-electron chi connectivity index (χ1n) is 12.5. The van der Waals surface area contributed by atoms with Gasteiger partial charge in [-0.2, -0.15) is 10.2 Å². The molecule has 2 aromatic rings. The molecule has 1 unspecified atom stereocenters. The average Bonchev–Trinajstić information content (AvgIpc) is 2.82. The predicted molar refractivity (Wildman–Crippen MR) is 135 cm³/mol. The van der Waals surface area contributed by atoms with Crippen molar-refractivity contribution in [1.29, 1.82) is 0 Å². The summed E-state index contributed by atoms with van der Waals surface area (Å²) in [5.41, 5.74) is 4.90. The van der Waals surface area contributed by atoms with Crippen LogP contribution in [0.1, 0.15) is 88.8 Å². The molecule has 1 aliphatic rings. The van der Waals surface area contributed by atoms with Gasteiger partial charge in [-0.25, -0.2) is 0 Å². The molecule has 0 heterocycles. The molecule has 2 aromatic carbocycles. The summed E-state index contributed by atoms with van der Waals surface area (Å²) in [5.74, 6) is 2.31. The molecule has 0 saturated heterocycles. The van der Waals surface area contributed by atoms with Crippen LogP contribution in [0.25, 0.3) is 0 Å². The van der Waals surface area contributed by atoms with Crippen LogP contribution in [0.4, 0.5) is 0 Å². The second kappa shape index (κ2) is 12.6. The van der Waals surface area contributed by atoms with Gasteiger partial charge in [-0.05, 0) is 60.6 Å². The molecule has 0 aromatic heterocycles. The predicted octanol–water partition coefficient (Wildman–Crippen LogP) is 8.10. The van der Waals surface area contributed by atoms with Gasteiger partial charge >= 0.3 is 0 Å². The van der Waals surface area contributed by atoms with Crippen LogP contribution in [0.2, 0.25) is 0 Å². The van der Waals surface area contributed by atoms with Crippen LogP contribution in [-0.2, 0) is 6.42 Å². The van der Waals surface area contributed by atoms with E-state index >= 15 is 0 Å². The Morgan fingerprint density at radius 3 is 2.23 bits per heavy atom. The maximum Gasteiger partial charge on any atom is 0.0733 e. The number of hydrogen-bond donors (Lipinski definition) is 0. The summed E-state index contributed by atoms with van der Waals surface area (Å²) in [4.78, 5) is 0. The lowest BCUT2D eigenvalue weighted by molar-refractivity contribution is 0.212. The summed E-state index contributed by atoms with van der Waals surface area (Å²) in [6.07, 6.45) is 13.4. The van der Waals surface area contributed by atoms with Crippen LogP contribution in [0, 0.1) is 17.8 Å². The number of benzene rings is 2. The summed E-state index contributed by atoms with van der Waals surface area (Å²) in [6, 6.07) is 19.4. The number of aryl methyl sites for hydroxylation is 1. The van der Waals surface area contributed by atoms with E-state index < -0.39 is 0 Å². The number of nitrogens with zero attached hydrogens (tertiary/aromatic N) is 2. The van der Waals surface area contributed by atoms with Gasteiger partial charge in [0, 0.05) is 5.92 Å². The maximum atomic E-state index is 4.78. The molecule has 0 aliphatic heterocycles. The third kappa shape index (κ3) is 6.89. The van der Waals surface area contributed by atoms with Crippen LogP contribution in [-0.4, -0.2) is 11.9 Å². The molecule has 0 N–H and O–H groups in total. The third-order valence-corrected chi connectivity index (χ3v) is 6.97. The van der Waals surface area contributed by atoms with E-state index in [0.717, 1.165) is 23.8 Å². The normalized spacial score (nSPS) is 20.8. The van der Waals surface area contributed by atoms with Crippen molar-refractivity contribution in [2.24, 2.45) is 28.0 Å². The molecule has 3 rings (SSSR count). The molecule has 1 aliphatic carbocycles. The van der Waals surface area contributed by atoms with Gasteiger partial charge in [0.15, 0.2) is 0 Å². The number of rotatable bonds is 10. The monoisotopic (exact) mass is 416 g/mol. The zero-order valence-corrected chi connectivity index (χ0v) is 19.8. The van der Waals surface area contributed by atoms with E-state index in [1.54, 1.807) is 0 Å². The molecule has 1 fully saturated rings. The summed E-state index contributed by atoms with van der Waals surface area (Å²) < 4.78 is 0. The van der Waals surface area contributed by atoms with Gasteiger partial charge in [-0.3, -0.25) is 0 Å². The van der Waals surface area contributed by atoms with E-state index in [1.807, 2.05) is 6.21 Å². The summed E-state index contributed by atoms with van der Waals surface area (Å²) in [6.45, 7) is 6.91. The van der Waals surface area contributed by atoms with Gasteiger partial charge in [0.25, 0.3) is 0 Å². The van der Waals surface area contributed by atoms with Gasteiger partial charge in [0.2, 0.25) is 0 Å². The lowest BCUT2D eigenvalue weighted by atomic mass is 9.72. The molecule has 2 nitrogen and oxygen atoms in total. The maximum absolute atomic E-state index is 4.78. The highest BCUT2D eigenvalue weighted by atomic mass is 15.2. The van der Waals surface area contributed by atoms with Crippen molar-refractivity contribution in [2.75, 3.05) is 0 Å². The Morgan fingerprint density at radius 2 is 1.61 bits per heavy atom. The second-order valence-corrected chi connectivity index (χ2v) is 9.16. The van der Waals surface area contributed by atoms with Gasteiger partial charge in [0.1, 0.15) is 0 Å². The zero-order valence-electron chi connectivity index (χ0n) is 19.8. The fourth-order valence-corrected chi connectivity index (χ4v) is 5.21. The zero-order chi connectivity index (χ0) is 21.9. The highest BCUT2D eigenvalue weighted by Gasteiger charge is 2.29. The molecule has 31 heavy (non-hydrogen) atoms. The molecule has 0 bridgehead atoms. The van der Waals surface area contributed by atoms with Crippen molar-refractivity contribution in [3.63, 3.8) is 0 Å². The standard InChI is InChI=1S/C29H40N2/c1-4-10-23-14-16-24(17-15-23)22-30-31-29(27-12-8-7-9-13-27)28-20-18-26(19-21-28)25(6-3)11-5-2/h7-9,12-17,22,25-26,28H,4-6,10-11,18-21H2,1-3H3/t25?,26-,28-. The molecule has 1 saturated carbocycles. The number of hydrogen-bond acceptors (Lipinski definition) is 2. The fraction of sp³-hybridized carbons (Fsp3) is 0.517. The summed E-state index contributed by atoms with van der Waals surface area (Å²) >= 11 is 0. The van der Waals surface area contributed by atoms with Crippen molar-refractivity contribution in [1.82, 2.24) is 0 Å². The fourth-order valence-electron chi connectivity index (χ4n) is 5.21. The Bertz CT molecular complexity index is 812. The Kier molecular flexibility index (Phi) is 9.52. The minimum atomic E-state index is 0.516. The average molecular weight is 417 g/mol. The molecule has 0 spiro atoms. The minimum Gasteiger partial charge on any atom is -0.158 e. The van der Waals surface area contributed by atoms with E-state index in [0.29, 0.717) is 5.92 Å². The molecular formula is C29H40N2. The molecule has 1 atom stereocenters. The summed E-state index contributed by atoms with van der Waals surface area (Å²) in [7, 11) is 0. The van der Waals surface area contributed by atoms with E-state index in [1.165, 1.54) is 68.2 Å². The Morgan fingerprint density at radius 1 is 0.903 bits per heavy atom. The lowest BCUT2D eigenvalue weighted by Gasteiger charge is -2.34. The van der Waals surface area contributed by atoms with Gasteiger partial charge in [-0.15, -0.1) is 0 Å². The Labute approximate surface area is 189 Å². The van der Waals surface area contributed by atoms with E-state index in [9.17, 15) is 0 Å². The van der Waals surface area contributed by atoms with Crippen LogP contribution < -0.4 is 0 Å². The lowest BCUT2D eigenvalue weighted by Crippen LogP contribution is -2.26. The van der Waals surface area contributed by atoms with Crippen molar-refractivity contribution in [2.45, 2.75) is 78.6 Å². The third-order valence-electron chi connectivity index (χ3n) is 6.97.